The number of nitro groups is 1. The molecule has 7 heteroatoms. The largest absolute Gasteiger partial charge is 0.508 e. The van der Waals surface area contributed by atoms with E-state index in [0.717, 1.165) is 22.4 Å². The minimum atomic E-state index is -0.437. The van der Waals surface area contributed by atoms with Crippen molar-refractivity contribution in [2.75, 3.05) is 7.11 Å². The Balaban J connectivity index is 1.71. The van der Waals surface area contributed by atoms with Crippen LogP contribution in [0.1, 0.15) is 16.7 Å². The van der Waals surface area contributed by atoms with E-state index >= 15 is 0 Å². The highest BCUT2D eigenvalue weighted by Crippen LogP contribution is 2.29. The summed E-state index contributed by atoms with van der Waals surface area (Å²) in [5, 5.41) is 20.2. The summed E-state index contributed by atoms with van der Waals surface area (Å²) >= 11 is 0. The van der Waals surface area contributed by atoms with Crippen molar-refractivity contribution in [2.24, 2.45) is 4.99 Å². The average Bonchev–Trinajstić information content (AvgIpc) is 2.72. The number of methoxy groups -OCH3 is 1. The lowest BCUT2D eigenvalue weighted by molar-refractivity contribution is -0.384. The summed E-state index contributed by atoms with van der Waals surface area (Å²) in [7, 11) is 1.55. The van der Waals surface area contributed by atoms with E-state index in [0.29, 0.717) is 11.5 Å². The topological polar surface area (TPSA) is 94.2 Å². The Kier molecular flexibility index (Phi) is 6.09. The van der Waals surface area contributed by atoms with E-state index in [1.165, 1.54) is 12.1 Å². The van der Waals surface area contributed by atoms with Crippen LogP contribution in [0.5, 0.6) is 17.2 Å². The van der Waals surface area contributed by atoms with Crippen LogP contribution in [-0.4, -0.2) is 23.4 Å². The standard InChI is InChI=1S/C22H20N2O5/c1-15-11-19(25)8-9-20(15)23-13-17-5-10-21(22(12-17)28-2)29-14-16-3-6-18(7-4-16)24(26)27/h3-13,25H,14H2,1-2H3. The number of rotatable bonds is 7. The molecule has 0 fully saturated rings. The number of nitro benzene ring substituents is 1. The second kappa shape index (κ2) is 8.88. The highest BCUT2D eigenvalue weighted by atomic mass is 16.6. The highest BCUT2D eigenvalue weighted by molar-refractivity contribution is 5.83. The molecule has 0 aliphatic carbocycles. The van der Waals surface area contributed by atoms with E-state index in [9.17, 15) is 15.2 Å². The normalized spacial score (nSPS) is 10.8. The average molecular weight is 392 g/mol. The number of nitrogens with zero attached hydrogens (tertiary/aromatic N) is 2. The molecule has 0 unspecified atom stereocenters. The van der Waals surface area contributed by atoms with Crippen molar-refractivity contribution in [1.29, 1.82) is 0 Å². The van der Waals surface area contributed by atoms with Crippen molar-refractivity contribution >= 4 is 17.6 Å². The molecule has 0 saturated carbocycles. The first-order valence-corrected chi connectivity index (χ1v) is 8.84. The molecule has 0 saturated heterocycles. The lowest BCUT2D eigenvalue weighted by Gasteiger charge is -2.11. The number of phenols is 1. The Morgan fingerprint density at radius 1 is 1.07 bits per heavy atom. The minimum absolute atomic E-state index is 0.0406. The zero-order valence-corrected chi connectivity index (χ0v) is 16.0. The monoisotopic (exact) mass is 392 g/mol. The third kappa shape index (κ3) is 5.10. The first kappa shape index (κ1) is 19.9. The van der Waals surface area contributed by atoms with Crippen LogP contribution >= 0.6 is 0 Å². The molecular weight excluding hydrogens is 372 g/mol. The molecule has 0 spiro atoms. The molecule has 29 heavy (non-hydrogen) atoms. The molecular formula is C22H20N2O5. The first-order chi connectivity index (χ1) is 14.0. The molecule has 0 aliphatic heterocycles. The lowest BCUT2D eigenvalue weighted by atomic mass is 10.2. The van der Waals surface area contributed by atoms with Crippen LogP contribution in [0.4, 0.5) is 11.4 Å². The van der Waals surface area contributed by atoms with Crippen LogP contribution in [0.3, 0.4) is 0 Å². The number of phenolic OH excluding ortho intramolecular Hbond substituents is 1. The maximum absolute atomic E-state index is 10.7. The first-order valence-electron chi connectivity index (χ1n) is 8.84. The molecule has 3 aromatic carbocycles. The Labute approximate surface area is 168 Å². The zero-order chi connectivity index (χ0) is 20.8. The minimum Gasteiger partial charge on any atom is -0.508 e. The Morgan fingerprint density at radius 2 is 1.83 bits per heavy atom. The van der Waals surface area contributed by atoms with Crippen LogP contribution in [0.15, 0.2) is 65.7 Å². The molecule has 3 rings (SSSR count). The molecule has 1 N–H and O–H groups in total. The van der Waals surface area contributed by atoms with Gasteiger partial charge in [-0.25, -0.2) is 0 Å². The van der Waals surface area contributed by atoms with E-state index in [1.54, 1.807) is 49.7 Å². The van der Waals surface area contributed by atoms with Gasteiger partial charge >= 0.3 is 0 Å². The van der Waals surface area contributed by atoms with E-state index in [2.05, 4.69) is 4.99 Å². The number of aryl methyl sites for hydroxylation is 1. The van der Waals surface area contributed by atoms with Gasteiger partial charge in [0.15, 0.2) is 11.5 Å². The number of non-ortho nitro benzene ring substituents is 1. The maximum Gasteiger partial charge on any atom is 0.269 e. The summed E-state index contributed by atoms with van der Waals surface area (Å²) in [5.41, 5.74) is 3.32. The van der Waals surface area contributed by atoms with Gasteiger partial charge in [0.05, 0.1) is 17.7 Å². The van der Waals surface area contributed by atoms with Crippen molar-refractivity contribution in [3.05, 3.63) is 87.5 Å². The van der Waals surface area contributed by atoms with Crippen LogP contribution < -0.4 is 9.47 Å². The van der Waals surface area contributed by atoms with Gasteiger partial charge in [0, 0.05) is 18.3 Å². The number of aliphatic imine (C=N–C) groups is 1. The third-order valence-electron chi connectivity index (χ3n) is 4.26. The fourth-order valence-corrected chi connectivity index (χ4v) is 2.69. The van der Waals surface area contributed by atoms with Crippen LogP contribution in [0.2, 0.25) is 0 Å². The Hall–Kier alpha value is -3.87. The molecule has 0 aliphatic rings. The van der Waals surface area contributed by atoms with Crippen LogP contribution in [0, 0.1) is 17.0 Å². The number of aromatic hydroxyl groups is 1. The van der Waals surface area contributed by atoms with Gasteiger partial charge in [0.1, 0.15) is 12.4 Å². The molecule has 0 aromatic heterocycles. The summed E-state index contributed by atoms with van der Waals surface area (Å²) in [5.74, 6) is 1.32. The number of hydrogen-bond acceptors (Lipinski definition) is 6. The van der Waals surface area contributed by atoms with Crippen molar-refractivity contribution in [2.45, 2.75) is 13.5 Å². The Bertz CT molecular complexity index is 1050. The van der Waals surface area contributed by atoms with Gasteiger partial charge in [-0.2, -0.15) is 0 Å². The van der Waals surface area contributed by atoms with Gasteiger partial charge in [-0.3, -0.25) is 15.1 Å². The molecule has 3 aromatic rings. The second-order valence-electron chi connectivity index (χ2n) is 6.35. The second-order valence-corrected chi connectivity index (χ2v) is 6.35. The van der Waals surface area contributed by atoms with Gasteiger partial charge in [-0.1, -0.05) is 0 Å². The molecule has 0 heterocycles. The van der Waals surface area contributed by atoms with Crippen molar-refractivity contribution in [3.8, 4) is 17.2 Å². The third-order valence-corrected chi connectivity index (χ3v) is 4.26. The van der Waals surface area contributed by atoms with Gasteiger partial charge in [-0.05, 0) is 72.1 Å². The van der Waals surface area contributed by atoms with Gasteiger partial charge in [0.2, 0.25) is 0 Å². The predicted octanol–water partition coefficient (Wildman–Crippen LogP) is 4.95. The van der Waals surface area contributed by atoms with Gasteiger partial charge in [0.25, 0.3) is 5.69 Å². The van der Waals surface area contributed by atoms with Crippen LogP contribution in [-0.2, 0) is 6.61 Å². The zero-order valence-electron chi connectivity index (χ0n) is 16.0. The number of benzene rings is 3. The SMILES string of the molecule is COc1cc(C=Nc2ccc(O)cc2C)ccc1OCc1ccc([N+](=O)[O-])cc1. The summed E-state index contributed by atoms with van der Waals surface area (Å²) in [6.45, 7) is 2.14. The quantitative estimate of drug-likeness (QED) is 0.349. The van der Waals surface area contributed by atoms with Crippen molar-refractivity contribution < 1.29 is 19.5 Å². The fraction of sp³-hybridized carbons (Fsp3) is 0.136. The van der Waals surface area contributed by atoms with E-state index in [-0.39, 0.29) is 18.0 Å². The van der Waals surface area contributed by atoms with Gasteiger partial charge in [-0.15, -0.1) is 0 Å². The Morgan fingerprint density at radius 3 is 2.48 bits per heavy atom. The fourth-order valence-electron chi connectivity index (χ4n) is 2.69. The van der Waals surface area contributed by atoms with E-state index in [4.69, 9.17) is 9.47 Å². The maximum atomic E-state index is 10.7. The lowest BCUT2D eigenvalue weighted by Crippen LogP contribution is -1.99. The molecule has 0 atom stereocenters. The summed E-state index contributed by atoms with van der Waals surface area (Å²) in [6.07, 6.45) is 1.71. The summed E-state index contributed by atoms with van der Waals surface area (Å²) in [6, 6.07) is 16.7. The molecule has 0 bridgehead atoms. The molecule has 0 radical (unpaired) electrons. The smallest absolute Gasteiger partial charge is 0.269 e. The molecule has 0 amide bonds. The van der Waals surface area contributed by atoms with Crippen molar-refractivity contribution in [3.63, 3.8) is 0 Å². The van der Waals surface area contributed by atoms with Crippen LogP contribution in [0.25, 0.3) is 0 Å². The van der Waals surface area contributed by atoms with E-state index < -0.39 is 4.92 Å². The molecule has 7 nitrogen and oxygen atoms in total. The highest BCUT2D eigenvalue weighted by Gasteiger charge is 2.08. The van der Waals surface area contributed by atoms with Gasteiger partial charge < -0.3 is 14.6 Å². The predicted molar refractivity (Wildman–Crippen MR) is 111 cm³/mol. The van der Waals surface area contributed by atoms with E-state index in [1.807, 2.05) is 19.1 Å². The van der Waals surface area contributed by atoms with Crippen molar-refractivity contribution in [1.82, 2.24) is 0 Å². The number of ether oxygens (including phenoxy) is 2. The number of hydrogen-bond donors (Lipinski definition) is 1. The molecule has 148 valence electrons. The summed E-state index contributed by atoms with van der Waals surface area (Å²) < 4.78 is 11.2. The summed E-state index contributed by atoms with van der Waals surface area (Å²) in [4.78, 5) is 14.7.